The Balaban J connectivity index is 1.93. The molecular formula is C16H25NO2. The molecule has 0 aromatic heterocycles. The van der Waals surface area contributed by atoms with Gasteiger partial charge in [0, 0.05) is 18.6 Å². The number of rotatable bonds is 6. The second-order valence-electron chi connectivity index (χ2n) is 5.42. The smallest absolute Gasteiger partial charge is 0.119 e. The molecule has 2 unspecified atom stereocenters. The molecule has 2 rings (SSSR count). The first-order valence-electron chi connectivity index (χ1n) is 7.21. The van der Waals surface area contributed by atoms with Crippen molar-refractivity contribution in [2.45, 2.75) is 33.2 Å². The highest BCUT2D eigenvalue weighted by molar-refractivity contribution is 5.33. The lowest BCUT2D eigenvalue weighted by molar-refractivity contribution is 0.161. The quantitative estimate of drug-likeness (QED) is 0.856. The molecule has 1 aromatic rings. The van der Waals surface area contributed by atoms with Crippen LogP contribution in [0, 0.1) is 19.8 Å². The van der Waals surface area contributed by atoms with Crippen LogP contribution < -0.4 is 10.1 Å². The van der Waals surface area contributed by atoms with Crippen LogP contribution in [-0.4, -0.2) is 32.4 Å². The highest BCUT2D eigenvalue weighted by atomic mass is 16.5. The summed E-state index contributed by atoms with van der Waals surface area (Å²) in [5.74, 6) is 1.55. The third kappa shape index (κ3) is 4.22. The van der Waals surface area contributed by atoms with Crippen LogP contribution >= 0.6 is 0 Å². The molecule has 3 nitrogen and oxygen atoms in total. The van der Waals surface area contributed by atoms with Crippen molar-refractivity contribution in [2.24, 2.45) is 5.92 Å². The maximum absolute atomic E-state index is 5.98. The van der Waals surface area contributed by atoms with Gasteiger partial charge in [-0.3, -0.25) is 0 Å². The van der Waals surface area contributed by atoms with Gasteiger partial charge >= 0.3 is 0 Å². The summed E-state index contributed by atoms with van der Waals surface area (Å²) in [4.78, 5) is 0. The van der Waals surface area contributed by atoms with E-state index in [1.165, 1.54) is 11.1 Å². The maximum Gasteiger partial charge on any atom is 0.119 e. The molecule has 1 N–H and O–H groups in total. The Morgan fingerprint density at radius 1 is 1.32 bits per heavy atom. The van der Waals surface area contributed by atoms with Crippen LogP contribution in [0.4, 0.5) is 0 Å². The van der Waals surface area contributed by atoms with Gasteiger partial charge in [-0.15, -0.1) is 0 Å². The van der Waals surface area contributed by atoms with E-state index >= 15 is 0 Å². The van der Waals surface area contributed by atoms with Gasteiger partial charge in [0.05, 0.1) is 6.61 Å². The maximum atomic E-state index is 5.98. The zero-order valence-electron chi connectivity index (χ0n) is 12.2. The third-order valence-corrected chi connectivity index (χ3v) is 3.63. The number of ether oxygens (including phenoxy) is 2. The number of likely N-dealkylation sites (N-methyl/N-ethyl adjacent to an activating group) is 1. The van der Waals surface area contributed by atoms with Crippen LogP contribution in [0.25, 0.3) is 0 Å². The SMILES string of the molecule is CCNC(COc1cc(C)cc(C)c1)C1CCOC1. The Labute approximate surface area is 116 Å². The van der Waals surface area contributed by atoms with Crippen molar-refractivity contribution in [1.82, 2.24) is 5.32 Å². The first-order valence-corrected chi connectivity index (χ1v) is 7.21. The molecule has 0 bridgehead atoms. The Kier molecular flexibility index (Phi) is 5.23. The van der Waals surface area contributed by atoms with Gasteiger partial charge in [0.15, 0.2) is 0 Å². The normalized spacial score (nSPS) is 20.5. The van der Waals surface area contributed by atoms with Crippen molar-refractivity contribution in [3.63, 3.8) is 0 Å². The van der Waals surface area contributed by atoms with E-state index in [-0.39, 0.29) is 0 Å². The first kappa shape index (κ1) is 14.4. The second kappa shape index (κ2) is 6.92. The molecule has 1 aliphatic rings. The van der Waals surface area contributed by atoms with Crippen LogP contribution in [0.1, 0.15) is 24.5 Å². The summed E-state index contributed by atoms with van der Waals surface area (Å²) < 4.78 is 11.5. The van der Waals surface area contributed by atoms with Crippen molar-refractivity contribution in [3.8, 4) is 5.75 Å². The van der Waals surface area contributed by atoms with Gasteiger partial charge in [-0.1, -0.05) is 13.0 Å². The number of hydrogen-bond acceptors (Lipinski definition) is 3. The molecule has 1 aromatic carbocycles. The Hall–Kier alpha value is -1.06. The van der Waals surface area contributed by atoms with Gasteiger partial charge < -0.3 is 14.8 Å². The van der Waals surface area contributed by atoms with E-state index in [0.717, 1.165) is 31.9 Å². The molecule has 1 heterocycles. The lowest BCUT2D eigenvalue weighted by Crippen LogP contribution is -2.41. The Morgan fingerprint density at radius 3 is 2.63 bits per heavy atom. The predicted octanol–water partition coefficient (Wildman–Crippen LogP) is 2.70. The minimum absolute atomic E-state index is 0.383. The number of nitrogens with one attached hydrogen (secondary N) is 1. The summed E-state index contributed by atoms with van der Waals surface area (Å²) in [5.41, 5.74) is 2.50. The average molecular weight is 263 g/mol. The van der Waals surface area contributed by atoms with E-state index in [1.54, 1.807) is 0 Å². The molecule has 106 valence electrons. The molecule has 0 amide bonds. The van der Waals surface area contributed by atoms with Gasteiger partial charge in [-0.2, -0.15) is 0 Å². The highest BCUT2D eigenvalue weighted by Gasteiger charge is 2.25. The topological polar surface area (TPSA) is 30.5 Å². The summed E-state index contributed by atoms with van der Waals surface area (Å²) in [5, 5.41) is 3.52. The molecule has 0 spiro atoms. The molecule has 0 aliphatic carbocycles. The highest BCUT2D eigenvalue weighted by Crippen LogP contribution is 2.20. The van der Waals surface area contributed by atoms with Gasteiger partial charge in [0.25, 0.3) is 0 Å². The number of aryl methyl sites for hydroxylation is 2. The van der Waals surface area contributed by atoms with Gasteiger partial charge in [0.2, 0.25) is 0 Å². The van der Waals surface area contributed by atoms with E-state index in [1.807, 2.05) is 0 Å². The van der Waals surface area contributed by atoms with Crippen LogP contribution in [0.5, 0.6) is 5.75 Å². The molecule has 2 atom stereocenters. The second-order valence-corrected chi connectivity index (χ2v) is 5.42. The Bertz CT molecular complexity index is 379. The van der Waals surface area contributed by atoms with E-state index in [0.29, 0.717) is 18.6 Å². The van der Waals surface area contributed by atoms with Gasteiger partial charge in [0.1, 0.15) is 12.4 Å². The monoisotopic (exact) mass is 263 g/mol. The summed E-state index contributed by atoms with van der Waals surface area (Å²) in [7, 11) is 0. The molecule has 0 saturated carbocycles. The Morgan fingerprint density at radius 2 is 2.05 bits per heavy atom. The van der Waals surface area contributed by atoms with Crippen molar-refractivity contribution in [2.75, 3.05) is 26.4 Å². The fourth-order valence-electron chi connectivity index (χ4n) is 2.70. The van der Waals surface area contributed by atoms with Gasteiger partial charge in [-0.05, 0) is 50.1 Å². The minimum Gasteiger partial charge on any atom is -0.492 e. The average Bonchev–Trinajstić information content (AvgIpc) is 2.87. The molecule has 1 aliphatic heterocycles. The van der Waals surface area contributed by atoms with E-state index in [9.17, 15) is 0 Å². The van der Waals surface area contributed by atoms with Crippen LogP contribution in [0.2, 0.25) is 0 Å². The molecule has 19 heavy (non-hydrogen) atoms. The molecule has 1 fully saturated rings. The van der Waals surface area contributed by atoms with Crippen LogP contribution in [0.3, 0.4) is 0 Å². The standard InChI is InChI=1S/C16H25NO2/c1-4-17-16(14-5-6-18-10-14)11-19-15-8-12(2)7-13(3)9-15/h7-9,14,16-17H,4-6,10-11H2,1-3H3. The lowest BCUT2D eigenvalue weighted by Gasteiger charge is -2.23. The summed E-state index contributed by atoms with van der Waals surface area (Å²) in [6.45, 7) is 9.77. The predicted molar refractivity (Wildman–Crippen MR) is 77.8 cm³/mol. The zero-order valence-corrected chi connectivity index (χ0v) is 12.2. The first-order chi connectivity index (χ1) is 9.19. The van der Waals surface area contributed by atoms with E-state index < -0.39 is 0 Å². The van der Waals surface area contributed by atoms with Crippen molar-refractivity contribution in [1.29, 1.82) is 0 Å². The van der Waals surface area contributed by atoms with Crippen molar-refractivity contribution in [3.05, 3.63) is 29.3 Å². The van der Waals surface area contributed by atoms with Crippen molar-refractivity contribution < 1.29 is 9.47 Å². The minimum atomic E-state index is 0.383. The molecule has 0 radical (unpaired) electrons. The molecule has 3 heteroatoms. The largest absolute Gasteiger partial charge is 0.492 e. The van der Waals surface area contributed by atoms with Crippen LogP contribution in [0.15, 0.2) is 18.2 Å². The fraction of sp³-hybridized carbons (Fsp3) is 0.625. The number of benzene rings is 1. The molecular weight excluding hydrogens is 238 g/mol. The fourth-order valence-corrected chi connectivity index (χ4v) is 2.70. The summed E-state index contributed by atoms with van der Waals surface area (Å²) in [6.07, 6.45) is 1.13. The third-order valence-electron chi connectivity index (χ3n) is 3.63. The van der Waals surface area contributed by atoms with Gasteiger partial charge in [-0.25, -0.2) is 0 Å². The van der Waals surface area contributed by atoms with Crippen molar-refractivity contribution >= 4 is 0 Å². The summed E-state index contributed by atoms with van der Waals surface area (Å²) >= 11 is 0. The molecule has 1 saturated heterocycles. The van der Waals surface area contributed by atoms with E-state index in [2.05, 4.69) is 44.3 Å². The lowest BCUT2D eigenvalue weighted by atomic mass is 10.00. The zero-order chi connectivity index (χ0) is 13.7. The van der Waals surface area contributed by atoms with Crippen LogP contribution in [-0.2, 0) is 4.74 Å². The van der Waals surface area contributed by atoms with E-state index in [4.69, 9.17) is 9.47 Å². The number of hydrogen-bond donors (Lipinski definition) is 1. The summed E-state index contributed by atoms with van der Waals surface area (Å²) in [6, 6.07) is 6.75.